The molecule has 3 aliphatic rings. The van der Waals surface area contributed by atoms with Gasteiger partial charge in [-0.05, 0) is 30.4 Å². The molecule has 2 aliphatic heterocycles. The number of methoxy groups -OCH3 is 1. The Balaban J connectivity index is 1.38. The molecule has 35 heavy (non-hydrogen) atoms. The molecule has 190 valence electrons. The lowest BCUT2D eigenvalue weighted by molar-refractivity contribution is -0.127. The van der Waals surface area contributed by atoms with Crippen molar-refractivity contribution in [3.05, 3.63) is 47.1 Å². The number of carbonyl (C=O) groups excluding carboxylic acids is 1. The molecular formula is C24H29F3N4O3S. The highest BCUT2D eigenvalue weighted by molar-refractivity contribution is 7.99. The summed E-state index contributed by atoms with van der Waals surface area (Å²) in [5, 5.41) is 4.17. The molecule has 1 saturated carbocycles. The van der Waals surface area contributed by atoms with Crippen molar-refractivity contribution < 1.29 is 27.2 Å². The third kappa shape index (κ3) is 5.45. The zero-order chi connectivity index (χ0) is 24.6. The lowest BCUT2D eigenvalue weighted by Crippen LogP contribution is -2.51. The quantitative estimate of drug-likeness (QED) is 0.588. The van der Waals surface area contributed by atoms with Crippen molar-refractivity contribution in [2.45, 2.75) is 49.3 Å². The number of likely N-dealkylation sites (tertiary alicyclic amines) is 1. The summed E-state index contributed by atoms with van der Waals surface area (Å²) >= 11 is 1.84. The minimum atomic E-state index is -4.25. The van der Waals surface area contributed by atoms with Gasteiger partial charge in [0.1, 0.15) is 5.60 Å². The Hall–Kier alpha value is -2.27. The fourth-order valence-corrected chi connectivity index (χ4v) is 5.89. The monoisotopic (exact) mass is 510 g/mol. The second-order valence-electron chi connectivity index (χ2n) is 9.60. The fraction of sp³-hybridized carbons (Fsp3) is 0.625. The molecule has 3 fully saturated rings. The van der Waals surface area contributed by atoms with Crippen LogP contribution in [-0.4, -0.2) is 76.9 Å². The number of piperidine rings is 1. The van der Waals surface area contributed by atoms with E-state index in [0.717, 1.165) is 29.9 Å². The number of nitrogens with zero attached hydrogens (tertiary/aromatic N) is 4. The van der Waals surface area contributed by atoms with Gasteiger partial charge in [0.05, 0.1) is 12.3 Å². The number of halogens is 3. The molecule has 2 amide bonds. The van der Waals surface area contributed by atoms with E-state index in [2.05, 4.69) is 10.1 Å². The van der Waals surface area contributed by atoms with Gasteiger partial charge in [-0.2, -0.15) is 29.9 Å². The maximum absolute atomic E-state index is 13.4. The van der Waals surface area contributed by atoms with Crippen LogP contribution in [-0.2, 0) is 16.8 Å². The number of benzene rings is 1. The van der Waals surface area contributed by atoms with Crippen LogP contribution in [0.3, 0.4) is 0 Å². The summed E-state index contributed by atoms with van der Waals surface area (Å²) in [6, 6.07) is 6.54. The van der Waals surface area contributed by atoms with Gasteiger partial charge in [-0.25, -0.2) is 4.79 Å². The normalized spacial score (nSPS) is 24.5. The predicted octanol–water partition coefficient (Wildman–Crippen LogP) is 4.55. The molecule has 2 atom stereocenters. The number of urea groups is 1. The van der Waals surface area contributed by atoms with E-state index in [1.807, 2.05) is 21.6 Å². The summed E-state index contributed by atoms with van der Waals surface area (Å²) < 4.78 is 49.6. The van der Waals surface area contributed by atoms with Gasteiger partial charge in [-0.15, -0.1) is 0 Å². The molecular weight excluding hydrogens is 481 g/mol. The second kappa shape index (κ2) is 9.65. The topological polar surface area (TPSA) is 71.7 Å². The van der Waals surface area contributed by atoms with E-state index in [1.54, 1.807) is 19.2 Å². The zero-order valence-corrected chi connectivity index (χ0v) is 20.4. The summed E-state index contributed by atoms with van der Waals surface area (Å²) in [6.45, 7) is 2.39. The van der Waals surface area contributed by atoms with Crippen LogP contribution in [0.4, 0.5) is 18.0 Å². The van der Waals surface area contributed by atoms with Crippen LogP contribution >= 0.6 is 11.8 Å². The van der Waals surface area contributed by atoms with Crippen LogP contribution in [0.1, 0.15) is 53.9 Å². The van der Waals surface area contributed by atoms with Gasteiger partial charge in [0.25, 0.3) is 0 Å². The molecule has 0 N–H and O–H groups in total. The number of amides is 2. The van der Waals surface area contributed by atoms with Crippen molar-refractivity contribution in [3.63, 3.8) is 0 Å². The first kappa shape index (κ1) is 24.4. The van der Waals surface area contributed by atoms with E-state index in [-0.39, 0.29) is 23.4 Å². The third-order valence-electron chi connectivity index (χ3n) is 7.15. The molecule has 11 heteroatoms. The van der Waals surface area contributed by atoms with Crippen LogP contribution in [0.5, 0.6) is 0 Å². The molecule has 7 nitrogen and oxygen atoms in total. The summed E-state index contributed by atoms with van der Waals surface area (Å²) in [5.41, 5.74) is 0.664. The van der Waals surface area contributed by atoms with Gasteiger partial charge in [0, 0.05) is 50.7 Å². The van der Waals surface area contributed by atoms with Crippen molar-refractivity contribution in [2.24, 2.45) is 0 Å². The van der Waals surface area contributed by atoms with E-state index in [1.165, 1.54) is 12.1 Å². The predicted molar refractivity (Wildman–Crippen MR) is 124 cm³/mol. The fourth-order valence-electron chi connectivity index (χ4n) is 4.99. The zero-order valence-electron chi connectivity index (χ0n) is 19.6. The molecule has 2 saturated heterocycles. The van der Waals surface area contributed by atoms with Crippen molar-refractivity contribution in [1.82, 2.24) is 19.9 Å². The first-order chi connectivity index (χ1) is 16.8. The summed E-state index contributed by atoms with van der Waals surface area (Å²) in [6.07, 6.45) is -2.84. The lowest BCUT2D eigenvalue weighted by Gasteiger charge is -2.40. The first-order valence-electron chi connectivity index (χ1n) is 11.9. The minimum Gasteiger partial charge on any atom is -0.370 e. The molecule has 0 radical (unpaired) electrons. The number of aromatic nitrogens is 2. The molecule has 0 spiro atoms. The molecule has 3 heterocycles. The smallest absolute Gasteiger partial charge is 0.370 e. The van der Waals surface area contributed by atoms with Gasteiger partial charge < -0.3 is 19.1 Å². The highest BCUT2D eigenvalue weighted by Crippen LogP contribution is 2.48. The molecule has 1 aromatic heterocycles. The Bertz CT molecular complexity index is 1040. The van der Waals surface area contributed by atoms with Crippen molar-refractivity contribution in [1.29, 1.82) is 0 Å². The summed E-state index contributed by atoms with van der Waals surface area (Å²) in [7, 11) is 1.64. The number of hydrogen-bond donors (Lipinski definition) is 0. The molecule has 0 bridgehead atoms. The van der Waals surface area contributed by atoms with E-state index in [0.29, 0.717) is 44.3 Å². The Morgan fingerprint density at radius 1 is 1.14 bits per heavy atom. The Labute approximate surface area is 206 Å². The average Bonchev–Trinajstić information content (AvgIpc) is 3.50. The molecule has 1 aliphatic carbocycles. The molecule has 2 aromatic rings. The van der Waals surface area contributed by atoms with Crippen LogP contribution in [0.2, 0.25) is 0 Å². The summed E-state index contributed by atoms with van der Waals surface area (Å²) in [5.74, 6) is 2.64. The maximum Gasteiger partial charge on any atom is 0.393 e. The van der Waals surface area contributed by atoms with Gasteiger partial charge in [-0.1, -0.05) is 29.4 Å². The standard InChI is InChI=1S/C24H29F3N4O3S/c1-33-23(6-7-23)21-28-20(34-29-21)19-12-18(17-4-2-16(3-5-17)13-24(25,26)27)14-31(15-19)22(32)30-8-10-35-11-9-30/h2-5,18-19H,6-15H2,1H3. The first-order valence-corrected chi connectivity index (χ1v) is 13.1. The van der Waals surface area contributed by atoms with Gasteiger partial charge in [-0.3, -0.25) is 0 Å². The molecule has 5 rings (SSSR count). The number of thioether (sulfide) groups is 1. The lowest BCUT2D eigenvalue weighted by atomic mass is 9.84. The highest BCUT2D eigenvalue weighted by Gasteiger charge is 2.49. The number of ether oxygens (including phenoxy) is 1. The Kier molecular flexibility index (Phi) is 6.73. The minimum absolute atomic E-state index is 0.0102. The van der Waals surface area contributed by atoms with Gasteiger partial charge in [0.15, 0.2) is 0 Å². The molecule has 1 aromatic carbocycles. The van der Waals surface area contributed by atoms with Crippen LogP contribution in [0.15, 0.2) is 28.8 Å². The van der Waals surface area contributed by atoms with Gasteiger partial charge >= 0.3 is 12.2 Å². The van der Waals surface area contributed by atoms with Crippen molar-refractivity contribution >= 4 is 17.8 Å². The highest BCUT2D eigenvalue weighted by atomic mass is 32.2. The third-order valence-corrected chi connectivity index (χ3v) is 8.09. The van der Waals surface area contributed by atoms with E-state index in [4.69, 9.17) is 9.26 Å². The largest absolute Gasteiger partial charge is 0.393 e. The second-order valence-corrected chi connectivity index (χ2v) is 10.8. The number of hydrogen-bond acceptors (Lipinski definition) is 6. The SMILES string of the molecule is COC1(c2noc(C3CC(c4ccc(CC(F)(F)F)cc4)CN(C(=O)N4CCSCC4)C3)n2)CC1. The van der Waals surface area contributed by atoms with Crippen LogP contribution < -0.4 is 0 Å². The van der Waals surface area contributed by atoms with E-state index in [9.17, 15) is 18.0 Å². The van der Waals surface area contributed by atoms with E-state index >= 15 is 0 Å². The summed E-state index contributed by atoms with van der Waals surface area (Å²) in [4.78, 5) is 21.7. The maximum atomic E-state index is 13.4. The molecule has 2 unspecified atom stereocenters. The van der Waals surface area contributed by atoms with Gasteiger partial charge in [0.2, 0.25) is 11.7 Å². The van der Waals surface area contributed by atoms with Crippen LogP contribution in [0, 0.1) is 0 Å². The van der Waals surface area contributed by atoms with Crippen LogP contribution in [0.25, 0.3) is 0 Å². The number of rotatable bonds is 5. The Morgan fingerprint density at radius 2 is 1.83 bits per heavy atom. The van der Waals surface area contributed by atoms with Crippen molar-refractivity contribution in [3.8, 4) is 0 Å². The average molecular weight is 511 g/mol. The number of alkyl halides is 3. The van der Waals surface area contributed by atoms with Crippen molar-refractivity contribution in [2.75, 3.05) is 44.8 Å². The van der Waals surface area contributed by atoms with E-state index < -0.39 is 18.2 Å². The Morgan fingerprint density at radius 3 is 2.46 bits per heavy atom. The number of carbonyl (C=O) groups is 1.